The molecular formula is C15H31N. The van der Waals surface area contributed by atoms with E-state index in [2.05, 4.69) is 19.2 Å². The molecule has 1 fully saturated rings. The number of piperidine rings is 1. The summed E-state index contributed by atoms with van der Waals surface area (Å²) in [5, 5.41) is 3.49. The summed E-state index contributed by atoms with van der Waals surface area (Å²) in [6, 6.07) is 0. The highest BCUT2D eigenvalue weighted by molar-refractivity contribution is 4.75. The van der Waals surface area contributed by atoms with Gasteiger partial charge in [-0.25, -0.2) is 0 Å². The molecule has 1 nitrogen and oxygen atoms in total. The minimum absolute atomic E-state index is 1.03. The molecular weight excluding hydrogens is 194 g/mol. The van der Waals surface area contributed by atoms with Crippen molar-refractivity contribution in [3.05, 3.63) is 0 Å². The largest absolute Gasteiger partial charge is 0.317 e. The smallest absolute Gasteiger partial charge is 0.00462 e. The highest BCUT2D eigenvalue weighted by Gasteiger charge is 2.22. The van der Waals surface area contributed by atoms with Crippen LogP contribution in [-0.4, -0.2) is 13.1 Å². The van der Waals surface area contributed by atoms with E-state index in [1.165, 1.54) is 70.9 Å². The van der Waals surface area contributed by atoms with Gasteiger partial charge in [0.05, 0.1) is 0 Å². The molecule has 1 rings (SSSR count). The normalized spacial score (nSPS) is 19.9. The predicted octanol–water partition coefficient (Wildman–Crippen LogP) is 4.37. The van der Waals surface area contributed by atoms with E-state index in [0.29, 0.717) is 0 Å². The molecule has 96 valence electrons. The second kappa shape index (κ2) is 9.04. The molecule has 1 aliphatic rings. The Morgan fingerprint density at radius 2 is 1.69 bits per heavy atom. The molecule has 1 heteroatoms. The van der Waals surface area contributed by atoms with E-state index < -0.39 is 0 Å². The Morgan fingerprint density at radius 3 is 2.31 bits per heavy atom. The fraction of sp³-hybridized carbons (Fsp3) is 1.00. The van der Waals surface area contributed by atoms with E-state index in [1.807, 2.05) is 0 Å². The van der Waals surface area contributed by atoms with E-state index in [4.69, 9.17) is 0 Å². The van der Waals surface area contributed by atoms with Gasteiger partial charge in [-0.15, -0.1) is 0 Å². The molecule has 1 unspecified atom stereocenters. The maximum absolute atomic E-state index is 3.49. The van der Waals surface area contributed by atoms with Crippen LogP contribution in [0.2, 0.25) is 0 Å². The van der Waals surface area contributed by atoms with Gasteiger partial charge in [0.25, 0.3) is 0 Å². The summed E-state index contributed by atoms with van der Waals surface area (Å²) in [6.45, 7) is 7.18. The van der Waals surface area contributed by atoms with Gasteiger partial charge in [0, 0.05) is 0 Å². The number of hydrogen-bond donors (Lipinski definition) is 1. The molecule has 0 aromatic heterocycles. The average molecular weight is 225 g/mol. The lowest BCUT2D eigenvalue weighted by atomic mass is 9.79. The Bertz CT molecular complexity index is 150. The highest BCUT2D eigenvalue weighted by Crippen LogP contribution is 2.30. The number of unbranched alkanes of at least 4 members (excludes halogenated alkanes) is 3. The summed E-state index contributed by atoms with van der Waals surface area (Å²) in [5.74, 6) is 2.06. The summed E-state index contributed by atoms with van der Waals surface area (Å²) in [4.78, 5) is 0. The van der Waals surface area contributed by atoms with Gasteiger partial charge in [0.1, 0.15) is 0 Å². The molecule has 1 N–H and O–H groups in total. The minimum Gasteiger partial charge on any atom is -0.317 e. The standard InChI is InChI=1S/C15H31N/c1-3-5-6-7-9-14(8-4-2)15-10-12-16-13-11-15/h14-16H,3-13H2,1-2H3. The first-order valence-corrected chi connectivity index (χ1v) is 7.59. The van der Waals surface area contributed by atoms with Crippen molar-refractivity contribution in [2.24, 2.45) is 11.8 Å². The van der Waals surface area contributed by atoms with E-state index >= 15 is 0 Å². The summed E-state index contributed by atoms with van der Waals surface area (Å²) in [7, 11) is 0. The van der Waals surface area contributed by atoms with Crippen molar-refractivity contribution in [2.75, 3.05) is 13.1 Å². The van der Waals surface area contributed by atoms with Gasteiger partial charge in [-0.1, -0.05) is 58.8 Å². The van der Waals surface area contributed by atoms with Crippen molar-refractivity contribution in [1.29, 1.82) is 0 Å². The molecule has 0 saturated carbocycles. The zero-order valence-electron chi connectivity index (χ0n) is 11.4. The Balaban J connectivity index is 2.22. The van der Waals surface area contributed by atoms with E-state index in [-0.39, 0.29) is 0 Å². The molecule has 1 atom stereocenters. The first kappa shape index (κ1) is 14.0. The van der Waals surface area contributed by atoms with Crippen LogP contribution in [0.3, 0.4) is 0 Å². The third kappa shape index (κ3) is 5.34. The van der Waals surface area contributed by atoms with Crippen LogP contribution in [0.4, 0.5) is 0 Å². The monoisotopic (exact) mass is 225 g/mol. The third-order valence-corrected chi connectivity index (χ3v) is 4.14. The van der Waals surface area contributed by atoms with E-state index in [9.17, 15) is 0 Å². The molecule has 16 heavy (non-hydrogen) atoms. The molecule has 1 saturated heterocycles. The van der Waals surface area contributed by atoms with Gasteiger partial charge < -0.3 is 5.32 Å². The summed E-state index contributed by atoms with van der Waals surface area (Å²) >= 11 is 0. The summed E-state index contributed by atoms with van der Waals surface area (Å²) in [6.07, 6.45) is 12.9. The Hall–Kier alpha value is -0.0400. The molecule has 0 aromatic rings. The van der Waals surface area contributed by atoms with Crippen LogP contribution in [0.15, 0.2) is 0 Å². The molecule has 1 aliphatic heterocycles. The molecule has 0 radical (unpaired) electrons. The highest BCUT2D eigenvalue weighted by atomic mass is 14.9. The molecule has 0 aliphatic carbocycles. The van der Waals surface area contributed by atoms with E-state index in [1.54, 1.807) is 0 Å². The van der Waals surface area contributed by atoms with Crippen LogP contribution < -0.4 is 5.32 Å². The van der Waals surface area contributed by atoms with Crippen LogP contribution in [0, 0.1) is 11.8 Å². The first-order valence-electron chi connectivity index (χ1n) is 7.59. The second-order valence-electron chi connectivity index (χ2n) is 5.49. The van der Waals surface area contributed by atoms with Crippen molar-refractivity contribution in [1.82, 2.24) is 5.32 Å². The quantitative estimate of drug-likeness (QED) is 0.605. The number of nitrogens with one attached hydrogen (secondary N) is 1. The van der Waals surface area contributed by atoms with Gasteiger partial charge in [0.2, 0.25) is 0 Å². The fourth-order valence-electron chi connectivity index (χ4n) is 3.14. The molecule has 1 heterocycles. The lowest BCUT2D eigenvalue weighted by Gasteiger charge is -2.30. The Morgan fingerprint density at radius 1 is 0.938 bits per heavy atom. The van der Waals surface area contributed by atoms with Crippen molar-refractivity contribution in [3.63, 3.8) is 0 Å². The predicted molar refractivity (Wildman–Crippen MR) is 72.8 cm³/mol. The van der Waals surface area contributed by atoms with Crippen molar-refractivity contribution in [3.8, 4) is 0 Å². The van der Waals surface area contributed by atoms with Gasteiger partial charge in [-0.2, -0.15) is 0 Å². The Kier molecular flexibility index (Phi) is 7.92. The lowest BCUT2D eigenvalue weighted by molar-refractivity contribution is 0.227. The van der Waals surface area contributed by atoms with Gasteiger partial charge >= 0.3 is 0 Å². The van der Waals surface area contributed by atoms with Crippen LogP contribution >= 0.6 is 0 Å². The maximum atomic E-state index is 3.49. The topological polar surface area (TPSA) is 12.0 Å². The third-order valence-electron chi connectivity index (χ3n) is 4.14. The van der Waals surface area contributed by atoms with Crippen molar-refractivity contribution < 1.29 is 0 Å². The average Bonchev–Trinajstić information content (AvgIpc) is 2.34. The zero-order chi connectivity index (χ0) is 11.6. The zero-order valence-corrected chi connectivity index (χ0v) is 11.4. The van der Waals surface area contributed by atoms with Crippen LogP contribution in [0.25, 0.3) is 0 Å². The first-order chi connectivity index (χ1) is 7.88. The molecule has 0 spiro atoms. The lowest BCUT2D eigenvalue weighted by Crippen LogP contribution is -2.31. The number of hydrogen-bond acceptors (Lipinski definition) is 1. The molecule has 0 amide bonds. The van der Waals surface area contributed by atoms with Crippen molar-refractivity contribution in [2.45, 2.75) is 71.6 Å². The fourth-order valence-corrected chi connectivity index (χ4v) is 3.14. The maximum Gasteiger partial charge on any atom is -0.00462 e. The summed E-state index contributed by atoms with van der Waals surface area (Å²) < 4.78 is 0. The van der Waals surface area contributed by atoms with Crippen LogP contribution in [0.1, 0.15) is 71.6 Å². The van der Waals surface area contributed by atoms with Gasteiger partial charge in [-0.05, 0) is 37.8 Å². The number of rotatable bonds is 8. The van der Waals surface area contributed by atoms with Crippen molar-refractivity contribution >= 4 is 0 Å². The summed E-state index contributed by atoms with van der Waals surface area (Å²) in [5.41, 5.74) is 0. The van der Waals surface area contributed by atoms with Gasteiger partial charge in [0.15, 0.2) is 0 Å². The molecule has 0 bridgehead atoms. The Labute approximate surface area is 102 Å². The van der Waals surface area contributed by atoms with Crippen LogP contribution in [-0.2, 0) is 0 Å². The van der Waals surface area contributed by atoms with E-state index in [0.717, 1.165) is 11.8 Å². The van der Waals surface area contributed by atoms with Crippen LogP contribution in [0.5, 0.6) is 0 Å². The minimum atomic E-state index is 1.03. The second-order valence-corrected chi connectivity index (χ2v) is 5.49. The van der Waals surface area contributed by atoms with Gasteiger partial charge in [-0.3, -0.25) is 0 Å². The molecule has 0 aromatic carbocycles. The SMILES string of the molecule is CCCCCCC(CCC)C1CCNCC1.